The van der Waals surface area contributed by atoms with Gasteiger partial charge in [-0.15, -0.1) is 0 Å². The number of carbonyl (C=O) groups excluding carboxylic acids is 1. The zero-order valence-electron chi connectivity index (χ0n) is 20.7. The zero-order chi connectivity index (χ0) is 25.1. The summed E-state index contributed by atoms with van der Waals surface area (Å²) in [6, 6.07) is 8.91. The van der Waals surface area contributed by atoms with Crippen LogP contribution in [0.5, 0.6) is 17.2 Å². The number of H-pyrrole nitrogens is 1. The molecule has 1 unspecified atom stereocenters. The van der Waals surface area contributed by atoms with Crippen LogP contribution in [-0.2, 0) is 0 Å². The first kappa shape index (κ1) is 24.6. The van der Waals surface area contributed by atoms with Gasteiger partial charge in [-0.05, 0) is 61.6 Å². The zero-order valence-corrected chi connectivity index (χ0v) is 20.7. The molecule has 4 rings (SSSR count). The summed E-state index contributed by atoms with van der Waals surface area (Å²) in [6.45, 7) is 6.89. The Morgan fingerprint density at radius 3 is 2.63 bits per heavy atom. The van der Waals surface area contributed by atoms with Gasteiger partial charge in [0.15, 0.2) is 11.5 Å². The number of ether oxygens (including phenoxy) is 2. The second-order valence-electron chi connectivity index (χ2n) is 8.93. The molecule has 0 radical (unpaired) electrons. The first-order valence-corrected chi connectivity index (χ1v) is 12.0. The first-order chi connectivity index (χ1) is 16.9. The van der Waals surface area contributed by atoms with Gasteiger partial charge in [0.2, 0.25) is 0 Å². The van der Waals surface area contributed by atoms with E-state index in [-0.39, 0.29) is 18.3 Å². The Balaban J connectivity index is 1.84. The number of phenolic OH excluding ortho intramolecular Hbond substituents is 1. The summed E-state index contributed by atoms with van der Waals surface area (Å²) in [7, 11) is 1.59. The van der Waals surface area contributed by atoms with E-state index in [2.05, 4.69) is 17.1 Å². The average Bonchev–Trinajstić information content (AvgIpc) is 3.36. The summed E-state index contributed by atoms with van der Waals surface area (Å²) in [6.07, 6.45) is 2.42. The number of nitrogens with zero attached hydrogens (tertiary/aromatic N) is 2. The highest BCUT2D eigenvalue weighted by atomic mass is 16.5. The average molecular weight is 480 g/mol. The van der Waals surface area contributed by atoms with Crippen LogP contribution in [0.1, 0.15) is 65.0 Å². The lowest BCUT2D eigenvalue weighted by atomic mass is 9.93. The minimum Gasteiger partial charge on any atom is -0.507 e. The van der Waals surface area contributed by atoms with Gasteiger partial charge in [0, 0.05) is 24.3 Å². The number of carbonyl (C=O) groups is 1. The number of hydrogen-bond acceptors (Lipinski definition) is 6. The van der Waals surface area contributed by atoms with Crippen LogP contribution in [0.2, 0.25) is 0 Å². The van der Waals surface area contributed by atoms with Crippen molar-refractivity contribution in [2.45, 2.75) is 46.1 Å². The van der Waals surface area contributed by atoms with Crippen LogP contribution >= 0.6 is 0 Å². The van der Waals surface area contributed by atoms with Gasteiger partial charge < -0.3 is 24.6 Å². The topological polar surface area (TPSA) is 108 Å². The maximum Gasteiger partial charge on any atom is 0.273 e. The maximum absolute atomic E-state index is 13.4. The molecule has 0 spiro atoms. The molecule has 0 aliphatic carbocycles. The van der Waals surface area contributed by atoms with Crippen molar-refractivity contribution in [3.05, 3.63) is 58.3 Å². The molecular weight excluding hydrogens is 446 g/mol. The van der Waals surface area contributed by atoms with Crippen molar-refractivity contribution in [3.8, 4) is 28.5 Å². The Labute approximate surface area is 205 Å². The highest BCUT2D eigenvalue weighted by molar-refractivity contribution is 6.00. The lowest BCUT2D eigenvalue weighted by Gasteiger charge is -2.27. The number of unbranched alkanes of at least 4 members (excludes halogenated alkanes) is 1. The van der Waals surface area contributed by atoms with Gasteiger partial charge in [0.25, 0.3) is 5.91 Å². The molecule has 1 atom stereocenters. The van der Waals surface area contributed by atoms with Crippen LogP contribution in [-0.4, -0.2) is 58.1 Å². The fourth-order valence-corrected chi connectivity index (χ4v) is 4.76. The summed E-state index contributed by atoms with van der Waals surface area (Å²) in [5.41, 5.74) is 4.89. The third-order valence-electron chi connectivity index (χ3n) is 6.38. The van der Waals surface area contributed by atoms with E-state index in [1.54, 1.807) is 18.1 Å². The SMILES string of the molecule is CCCCOc1ccc(C2c3c(-c4c(C)cc(C)cc4O)n[nH]c3C(=O)N2CCCO)cc1OC. The third-order valence-corrected chi connectivity index (χ3v) is 6.38. The van der Waals surface area contributed by atoms with Gasteiger partial charge in [0.05, 0.1) is 19.8 Å². The fraction of sp³-hybridized carbons (Fsp3) is 0.407. The molecule has 0 saturated heterocycles. The molecule has 186 valence electrons. The van der Waals surface area contributed by atoms with Gasteiger partial charge in [-0.1, -0.05) is 25.5 Å². The van der Waals surface area contributed by atoms with E-state index < -0.39 is 6.04 Å². The van der Waals surface area contributed by atoms with Crippen LogP contribution in [0.15, 0.2) is 30.3 Å². The van der Waals surface area contributed by atoms with Crippen molar-refractivity contribution >= 4 is 5.91 Å². The van der Waals surface area contributed by atoms with Crippen molar-refractivity contribution < 1.29 is 24.5 Å². The minimum atomic E-state index is -0.462. The van der Waals surface area contributed by atoms with Gasteiger partial charge in [-0.3, -0.25) is 9.89 Å². The Morgan fingerprint density at radius 2 is 1.94 bits per heavy atom. The van der Waals surface area contributed by atoms with Crippen molar-refractivity contribution in [3.63, 3.8) is 0 Å². The van der Waals surface area contributed by atoms with E-state index in [1.165, 1.54) is 0 Å². The highest BCUT2D eigenvalue weighted by Crippen LogP contribution is 2.46. The number of rotatable bonds is 10. The molecule has 0 saturated carbocycles. The number of hydrogen-bond donors (Lipinski definition) is 3. The number of aromatic nitrogens is 2. The summed E-state index contributed by atoms with van der Waals surface area (Å²) in [5.74, 6) is 1.16. The molecule has 3 N–H and O–H groups in total. The van der Waals surface area contributed by atoms with Gasteiger partial charge in [-0.25, -0.2) is 0 Å². The maximum atomic E-state index is 13.4. The Hall–Kier alpha value is -3.52. The summed E-state index contributed by atoms with van der Waals surface area (Å²) < 4.78 is 11.5. The van der Waals surface area contributed by atoms with Crippen LogP contribution in [0.4, 0.5) is 0 Å². The Kier molecular flexibility index (Phi) is 7.31. The van der Waals surface area contributed by atoms with E-state index in [9.17, 15) is 15.0 Å². The van der Waals surface area contributed by atoms with Crippen LogP contribution in [0.25, 0.3) is 11.3 Å². The Morgan fingerprint density at radius 1 is 1.14 bits per heavy atom. The third kappa shape index (κ3) is 4.58. The van der Waals surface area contributed by atoms with E-state index >= 15 is 0 Å². The van der Waals surface area contributed by atoms with E-state index in [1.807, 2.05) is 38.1 Å². The number of aryl methyl sites for hydroxylation is 2. The summed E-state index contributed by atoms with van der Waals surface area (Å²) in [5, 5.41) is 27.7. The van der Waals surface area contributed by atoms with Crippen LogP contribution in [0.3, 0.4) is 0 Å². The van der Waals surface area contributed by atoms with E-state index in [4.69, 9.17) is 9.47 Å². The molecule has 3 aromatic rings. The monoisotopic (exact) mass is 479 g/mol. The normalized spacial score (nSPS) is 14.9. The number of aromatic hydroxyl groups is 1. The fourth-order valence-electron chi connectivity index (χ4n) is 4.76. The molecule has 8 nitrogen and oxygen atoms in total. The quantitative estimate of drug-likeness (QED) is 0.369. The lowest BCUT2D eigenvalue weighted by molar-refractivity contribution is 0.0732. The largest absolute Gasteiger partial charge is 0.507 e. The molecule has 2 heterocycles. The Bertz CT molecular complexity index is 1200. The molecule has 1 amide bonds. The number of benzene rings is 2. The number of aliphatic hydroxyl groups is 1. The van der Waals surface area contributed by atoms with Gasteiger partial charge >= 0.3 is 0 Å². The van der Waals surface area contributed by atoms with Crippen molar-refractivity contribution in [1.82, 2.24) is 15.1 Å². The van der Waals surface area contributed by atoms with Gasteiger partial charge in [0.1, 0.15) is 17.1 Å². The molecular formula is C27H33N3O5. The number of fused-ring (bicyclic) bond motifs is 1. The van der Waals surface area contributed by atoms with Crippen LogP contribution < -0.4 is 9.47 Å². The molecule has 1 aliphatic rings. The molecule has 35 heavy (non-hydrogen) atoms. The summed E-state index contributed by atoms with van der Waals surface area (Å²) >= 11 is 0. The molecule has 0 fully saturated rings. The molecule has 1 aliphatic heterocycles. The van der Waals surface area contributed by atoms with Crippen molar-refractivity contribution in [2.24, 2.45) is 0 Å². The summed E-state index contributed by atoms with van der Waals surface area (Å²) in [4.78, 5) is 15.1. The standard InChI is InChI=1S/C27H33N3O5/c1-5-6-12-35-20-9-8-18(15-21(20)34-4)26-23-24(22-17(3)13-16(2)14-19(22)32)28-29-25(23)27(33)30(26)10-7-11-31/h8-9,13-15,26,31-32H,5-7,10-12H2,1-4H3,(H,28,29). The van der Waals surface area contributed by atoms with Crippen molar-refractivity contribution in [1.29, 1.82) is 0 Å². The van der Waals surface area contributed by atoms with Crippen molar-refractivity contribution in [2.75, 3.05) is 26.9 Å². The number of methoxy groups -OCH3 is 1. The number of nitrogens with one attached hydrogen (secondary N) is 1. The lowest BCUT2D eigenvalue weighted by Crippen LogP contribution is -2.31. The van der Waals surface area contributed by atoms with Gasteiger partial charge in [-0.2, -0.15) is 5.10 Å². The second kappa shape index (κ2) is 10.4. The van der Waals surface area contributed by atoms with E-state index in [0.29, 0.717) is 53.6 Å². The number of amides is 1. The second-order valence-corrected chi connectivity index (χ2v) is 8.93. The smallest absolute Gasteiger partial charge is 0.273 e. The van der Waals surface area contributed by atoms with E-state index in [0.717, 1.165) is 29.5 Å². The molecule has 2 aromatic carbocycles. The molecule has 8 heteroatoms. The highest BCUT2D eigenvalue weighted by Gasteiger charge is 2.42. The molecule has 0 bridgehead atoms. The predicted molar refractivity (Wildman–Crippen MR) is 133 cm³/mol. The molecule has 1 aromatic heterocycles. The minimum absolute atomic E-state index is 0.0269. The number of aromatic amines is 1. The number of phenols is 1. The number of aliphatic hydroxyl groups excluding tert-OH is 1. The predicted octanol–water partition coefficient (Wildman–Crippen LogP) is 4.51. The van der Waals surface area contributed by atoms with Crippen LogP contribution in [0, 0.1) is 13.8 Å². The first-order valence-electron chi connectivity index (χ1n) is 12.0.